The van der Waals surface area contributed by atoms with Gasteiger partial charge < -0.3 is 5.32 Å². The number of rotatable bonds is 7. The normalized spacial score (nSPS) is 10.8. The van der Waals surface area contributed by atoms with Gasteiger partial charge in [-0.15, -0.1) is 0 Å². The maximum Gasteiger partial charge on any atom is 0.357 e. The van der Waals surface area contributed by atoms with E-state index in [1.807, 2.05) is 30.3 Å². The molecule has 0 saturated carbocycles. The van der Waals surface area contributed by atoms with Crippen molar-refractivity contribution in [3.8, 4) is 5.69 Å². The summed E-state index contributed by atoms with van der Waals surface area (Å²) in [5.74, 6) is 0. The minimum atomic E-state index is -0.627. The Labute approximate surface area is 151 Å². The van der Waals surface area contributed by atoms with E-state index in [-0.39, 0.29) is 0 Å². The summed E-state index contributed by atoms with van der Waals surface area (Å²) >= 11 is 0. The summed E-state index contributed by atoms with van der Waals surface area (Å²) in [5.41, 5.74) is 0.516. The van der Waals surface area contributed by atoms with Crippen LogP contribution in [0.3, 0.4) is 0 Å². The van der Waals surface area contributed by atoms with Crippen molar-refractivity contribution in [3.05, 3.63) is 75.1 Å². The molecule has 6 nitrogen and oxygen atoms in total. The molecule has 0 bridgehead atoms. The van der Waals surface area contributed by atoms with Crippen molar-refractivity contribution >= 4 is 22.3 Å². The van der Waals surface area contributed by atoms with E-state index in [2.05, 4.69) is 12.2 Å². The molecule has 2 aromatic carbocycles. The first-order valence-corrected chi connectivity index (χ1v) is 8.76. The van der Waals surface area contributed by atoms with Gasteiger partial charge >= 0.3 is 11.2 Å². The number of nitrogens with one attached hydrogen (secondary N) is 1. The zero-order valence-corrected chi connectivity index (χ0v) is 14.6. The zero-order chi connectivity index (χ0) is 18.5. The smallest absolute Gasteiger partial charge is 0.357 e. The van der Waals surface area contributed by atoms with Crippen LogP contribution in [0.5, 0.6) is 0 Å². The lowest BCUT2D eigenvalue weighted by molar-refractivity contribution is -0.385. The molecule has 0 unspecified atom stereocenters. The van der Waals surface area contributed by atoms with Gasteiger partial charge in [-0.25, -0.2) is 0 Å². The van der Waals surface area contributed by atoms with Crippen LogP contribution in [0.2, 0.25) is 0 Å². The molecule has 3 aromatic rings. The maximum atomic E-state index is 13.0. The van der Waals surface area contributed by atoms with E-state index in [1.165, 1.54) is 4.57 Å². The number of nitro groups is 1. The number of unbranched alkanes of at least 4 members (excludes halogenated alkanes) is 2. The quantitative estimate of drug-likeness (QED) is 0.386. The lowest BCUT2D eigenvalue weighted by atomic mass is 10.1. The van der Waals surface area contributed by atoms with Gasteiger partial charge in [-0.1, -0.05) is 56.2 Å². The Morgan fingerprint density at radius 2 is 1.73 bits per heavy atom. The molecule has 0 amide bonds. The number of benzene rings is 2. The molecule has 1 aromatic heterocycles. The second-order valence-corrected chi connectivity index (χ2v) is 6.11. The van der Waals surface area contributed by atoms with E-state index < -0.39 is 16.2 Å². The summed E-state index contributed by atoms with van der Waals surface area (Å²) < 4.78 is 1.41. The van der Waals surface area contributed by atoms with Gasteiger partial charge in [-0.2, -0.15) is 0 Å². The first kappa shape index (κ1) is 17.7. The number of hydrogen-bond donors (Lipinski definition) is 1. The average Bonchev–Trinajstić information content (AvgIpc) is 2.65. The highest BCUT2D eigenvalue weighted by Crippen LogP contribution is 2.31. The molecule has 0 saturated heterocycles. The Bertz CT molecular complexity index is 981. The second kappa shape index (κ2) is 7.82. The van der Waals surface area contributed by atoms with E-state index in [9.17, 15) is 14.9 Å². The molecule has 0 spiro atoms. The summed E-state index contributed by atoms with van der Waals surface area (Å²) in [6, 6.07) is 16.3. The van der Waals surface area contributed by atoms with E-state index in [0.717, 1.165) is 19.3 Å². The van der Waals surface area contributed by atoms with Crippen LogP contribution in [-0.2, 0) is 0 Å². The van der Waals surface area contributed by atoms with Crippen molar-refractivity contribution in [2.45, 2.75) is 26.2 Å². The summed E-state index contributed by atoms with van der Waals surface area (Å²) in [6.07, 6.45) is 2.98. The Balaban J connectivity index is 2.26. The summed E-state index contributed by atoms with van der Waals surface area (Å²) in [6.45, 7) is 2.69. The summed E-state index contributed by atoms with van der Waals surface area (Å²) in [4.78, 5) is 24.1. The van der Waals surface area contributed by atoms with E-state index in [4.69, 9.17) is 0 Å². The van der Waals surface area contributed by atoms with Gasteiger partial charge in [0.05, 0.1) is 10.4 Å². The Hall–Kier alpha value is -3.15. The summed E-state index contributed by atoms with van der Waals surface area (Å²) in [5, 5.41) is 15.5. The number of fused-ring (bicyclic) bond motifs is 1. The standard InChI is InChI=1S/C20H21N3O3/c1-2-3-9-14-21-18-16-12-7-8-13-17(16)22(15-10-5-4-6-11-15)20(24)19(18)23(25)26/h4-8,10-13,21H,2-3,9,14H2,1H3. The molecule has 1 N–H and O–H groups in total. The lowest BCUT2D eigenvalue weighted by Crippen LogP contribution is -2.24. The van der Waals surface area contributed by atoms with Crippen LogP contribution in [0.25, 0.3) is 16.6 Å². The fourth-order valence-corrected chi connectivity index (χ4v) is 3.10. The predicted octanol–water partition coefficient (Wildman–Crippen LogP) is 4.50. The third-order valence-electron chi connectivity index (χ3n) is 4.34. The topological polar surface area (TPSA) is 77.2 Å². The van der Waals surface area contributed by atoms with E-state index >= 15 is 0 Å². The van der Waals surface area contributed by atoms with Gasteiger partial charge in [0.25, 0.3) is 0 Å². The molecule has 6 heteroatoms. The Kier molecular flexibility index (Phi) is 5.31. The van der Waals surface area contributed by atoms with Gasteiger partial charge in [-0.05, 0) is 24.6 Å². The number of nitrogens with zero attached hydrogens (tertiary/aromatic N) is 2. The Morgan fingerprint density at radius 1 is 1.04 bits per heavy atom. The molecule has 0 radical (unpaired) electrons. The van der Waals surface area contributed by atoms with Crippen LogP contribution in [0.15, 0.2) is 59.4 Å². The molecule has 0 aliphatic heterocycles. The lowest BCUT2D eigenvalue weighted by Gasteiger charge is -2.15. The minimum absolute atomic E-state index is 0.305. The predicted molar refractivity (Wildman–Crippen MR) is 104 cm³/mol. The van der Waals surface area contributed by atoms with Crippen LogP contribution in [-0.4, -0.2) is 16.0 Å². The fourth-order valence-electron chi connectivity index (χ4n) is 3.10. The van der Waals surface area contributed by atoms with Gasteiger partial charge in [-0.3, -0.25) is 19.5 Å². The SMILES string of the molecule is CCCCCNc1c([N+](=O)[O-])c(=O)n(-c2ccccc2)c2ccccc12. The molecule has 134 valence electrons. The first-order valence-electron chi connectivity index (χ1n) is 8.76. The van der Waals surface area contributed by atoms with E-state index in [0.29, 0.717) is 28.8 Å². The van der Waals surface area contributed by atoms with Crippen molar-refractivity contribution in [1.82, 2.24) is 4.57 Å². The molecule has 1 heterocycles. The molecule has 0 atom stereocenters. The maximum absolute atomic E-state index is 13.0. The second-order valence-electron chi connectivity index (χ2n) is 6.11. The number of anilines is 1. The number of aromatic nitrogens is 1. The zero-order valence-electron chi connectivity index (χ0n) is 14.6. The third kappa shape index (κ3) is 3.31. The molecule has 26 heavy (non-hydrogen) atoms. The molecule has 0 fully saturated rings. The molecular weight excluding hydrogens is 330 g/mol. The average molecular weight is 351 g/mol. The third-order valence-corrected chi connectivity index (χ3v) is 4.34. The van der Waals surface area contributed by atoms with Gasteiger partial charge in [0, 0.05) is 17.6 Å². The van der Waals surface area contributed by atoms with E-state index in [1.54, 1.807) is 24.3 Å². The molecule has 0 aliphatic rings. The summed E-state index contributed by atoms with van der Waals surface area (Å²) in [7, 11) is 0. The van der Waals surface area contributed by atoms with Crippen LogP contribution in [0.4, 0.5) is 11.4 Å². The molecular formula is C20H21N3O3. The molecule has 0 aliphatic carbocycles. The number of hydrogen-bond acceptors (Lipinski definition) is 4. The molecule has 3 rings (SSSR count). The van der Waals surface area contributed by atoms with Crippen LogP contribution in [0, 0.1) is 10.1 Å². The van der Waals surface area contributed by atoms with Crippen LogP contribution in [0.1, 0.15) is 26.2 Å². The van der Waals surface area contributed by atoms with Gasteiger partial charge in [0.15, 0.2) is 0 Å². The van der Waals surface area contributed by atoms with Crippen molar-refractivity contribution in [1.29, 1.82) is 0 Å². The highest BCUT2D eigenvalue weighted by Gasteiger charge is 2.26. The minimum Gasteiger partial charge on any atom is -0.379 e. The van der Waals surface area contributed by atoms with Gasteiger partial charge in [0.2, 0.25) is 0 Å². The number of para-hydroxylation sites is 2. The number of pyridine rings is 1. The van der Waals surface area contributed by atoms with Crippen molar-refractivity contribution in [3.63, 3.8) is 0 Å². The van der Waals surface area contributed by atoms with Gasteiger partial charge in [0.1, 0.15) is 5.69 Å². The highest BCUT2D eigenvalue weighted by molar-refractivity contribution is 5.97. The fraction of sp³-hybridized carbons (Fsp3) is 0.250. The van der Waals surface area contributed by atoms with Crippen molar-refractivity contribution in [2.24, 2.45) is 0 Å². The Morgan fingerprint density at radius 3 is 2.42 bits per heavy atom. The highest BCUT2D eigenvalue weighted by atomic mass is 16.6. The van der Waals surface area contributed by atoms with Crippen LogP contribution >= 0.6 is 0 Å². The monoisotopic (exact) mass is 351 g/mol. The first-order chi connectivity index (χ1) is 12.6. The largest absolute Gasteiger partial charge is 0.379 e. The van der Waals surface area contributed by atoms with Crippen molar-refractivity contribution < 1.29 is 4.92 Å². The van der Waals surface area contributed by atoms with Crippen LogP contribution < -0.4 is 10.9 Å². The van der Waals surface area contributed by atoms with Crippen molar-refractivity contribution in [2.75, 3.05) is 11.9 Å².